The molecule has 0 spiro atoms. The lowest BCUT2D eigenvalue weighted by molar-refractivity contribution is -0.0515. The monoisotopic (exact) mass is 535 g/mol. The van der Waals surface area contributed by atoms with E-state index in [1.165, 1.54) is 18.2 Å². The Kier molecular flexibility index (Phi) is 8.42. The maximum absolute atomic E-state index is 13.4. The van der Waals surface area contributed by atoms with Crippen molar-refractivity contribution in [1.82, 2.24) is 15.2 Å². The molecule has 0 bridgehead atoms. The Morgan fingerprint density at radius 2 is 1.87 bits per heavy atom. The van der Waals surface area contributed by atoms with Crippen molar-refractivity contribution in [3.05, 3.63) is 29.7 Å². The Morgan fingerprint density at radius 3 is 2.50 bits per heavy atom. The predicted octanol–water partition coefficient (Wildman–Crippen LogP) is 5.94. The second-order valence-corrected chi connectivity index (χ2v) is 10.7. The Labute approximate surface area is 220 Å². The summed E-state index contributed by atoms with van der Waals surface area (Å²) in [6.45, 7) is 5.50. The lowest BCUT2D eigenvalue weighted by Gasteiger charge is -2.26. The second kappa shape index (κ2) is 11.6. The minimum atomic E-state index is -3.01. The molecule has 1 atom stereocenters. The van der Waals surface area contributed by atoms with Crippen LogP contribution in [-0.4, -0.2) is 53.8 Å². The number of aromatic nitrogens is 1. The van der Waals surface area contributed by atoms with Crippen molar-refractivity contribution in [3.8, 4) is 23.0 Å². The van der Waals surface area contributed by atoms with Crippen LogP contribution in [0.5, 0.6) is 11.5 Å². The van der Waals surface area contributed by atoms with E-state index in [1.807, 2.05) is 0 Å². The third kappa shape index (κ3) is 7.35. The number of ether oxygens (including phenoxy) is 3. The minimum Gasteiger partial charge on any atom is -0.489 e. The summed E-state index contributed by atoms with van der Waals surface area (Å²) in [4.78, 5) is 32.1. The first-order valence-corrected chi connectivity index (χ1v) is 13.0. The third-order valence-electron chi connectivity index (χ3n) is 6.20. The van der Waals surface area contributed by atoms with Crippen molar-refractivity contribution in [2.75, 3.05) is 19.7 Å². The molecule has 1 aromatic carbocycles. The van der Waals surface area contributed by atoms with Gasteiger partial charge in [-0.05, 0) is 83.9 Å². The van der Waals surface area contributed by atoms with Gasteiger partial charge in [-0.15, -0.1) is 0 Å². The number of hydrogen-bond donors (Lipinski definition) is 1. The van der Waals surface area contributed by atoms with E-state index in [0.717, 1.165) is 32.1 Å². The number of piperidine rings is 1. The van der Waals surface area contributed by atoms with E-state index in [4.69, 9.17) is 13.9 Å². The topological polar surface area (TPSA) is 103 Å². The number of nitrogens with zero attached hydrogens (tertiary/aromatic N) is 2. The molecule has 1 saturated carbocycles. The molecular weight excluding hydrogens is 500 g/mol. The van der Waals surface area contributed by atoms with Crippen molar-refractivity contribution in [2.24, 2.45) is 5.92 Å². The highest BCUT2D eigenvalue weighted by atomic mass is 19.3. The van der Waals surface area contributed by atoms with E-state index in [9.17, 15) is 18.4 Å². The average Bonchev–Trinajstić information content (AvgIpc) is 3.57. The Balaban J connectivity index is 1.66. The summed E-state index contributed by atoms with van der Waals surface area (Å²) in [6, 6.07) is 3.65. The number of nitrogens with one attached hydrogen (secondary N) is 1. The van der Waals surface area contributed by atoms with Crippen molar-refractivity contribution < 1.29 is 37.0 Å². The molecule has 2 fully saturated rings. The summed E-state index contributed by atoms with van der Waals surface area (Å²) in [5, 5.41) is 2.70. The first-order valence-electron chi connectivity index (χ1n) is 13.0. The van der Waals surface area contributed by atoms with Gasteiger partial charge in [-0.25, -0.2) is 9.78 Å². The van der Waals surface area contributed by atoms with E-state index in [0.29, 0.717) is 31.2 Å². The molecule has 1 aromatic heterocycles. The van der Waals surface area contributed by atoms with Gasteiger partial charge in [-0.1, -0.05) is 0 Å². The SMILES string of the molecule is C[C@H](NC(=O)OC(C)(C)C)c1oc(-c2ccc(OC(F)F)c(OCC3CC3)c2)nc1C(=O)N1CCCCC1. The molecule has 0 unspecified atom stereocenters. The number of amides is 2. The van der Waals surface area contributed by atoms with E-state index in [1.54, 1.807) is 32.6 Å². The van der Waals surface area contributed by atoms with Gasteiger partial charge >= 0.3 is 12.7 Å². The van der Waals surface area contributed by atoms with Gasteiger partial charge in [-0.2, -0.15) is 8.78 Å². The molecular formula is C27H35F2N3O6. The summed E-state index contributed by atoms with van der Waals surface area (Å²) in [5.41, 5.74) is -0.207. The average molecular weight is 536 g/mol. The highest BCUT2D eigenvalue weighted by Crippen LogP contribution is 2.37. The number of oxazole rings is 1. The fraction of sp³-hybridized carbons (Fsp3) is 0.593. The van der Waals surface area contributed by atoms with Gasteiger partial charge in [-0.3, -0.25) is 4.79 Å². The van der Waals surface area contributed by atoms with Crippen molar-refractivity contribution in [3.63, 3.8) is 0 Å². The number of alkyl carbamates (subject to hydrolysis) is 1. The van der Waals surface area contributed by atoms with Crippen LogP contribution in [0.15, 0.2) is 22.6 Å². The molecule has 9 nitrogen and oxygen atoms in total. The zero-order chi connectivity index (χ0) is 27.4. The van der Waals surface area contributed by atoms with Crippen LogP contribution in [0.1, 0.15) is 82.1 Å². The van der Waals surface area contributed by atoms with Crippen LogP contribution in [0.25, 0.3) is 11.5 Å². The molecule has 11 heteroatoms. The first kappa shape index (κ1) is 27.7. The fourth-order valence-corrected chi connectivity index (χ4v) is 4.14. The summed E-state index contributed by atoms with van der Waals surface area (Å²) in [7, 11) is 0. The van der Waals surface area contributed by atoms with Crippen molar-refractivity contribution in [2.45, 2.75) is 78.1 Å². The van der Waals surface area contributed by atoms with Gasteiger partial charge in [0.25, 0.3) is 5.91 Å². The fourth-order valence-electron chi connectivity index (χ4n) is 4.14. The van der Waals surface area contributed by atoms with Crippen LogP contribution in [0.3, 0.4) is 0 Å². The van der Waals surface area contributed by atoms with Gasteiger partial charge in [0.15, 0.2) is 23.0 Å². The molecule has 1 aliphatic carbocycles. The van der Waals surface area contributed by atoms with Crippen LogP contribution in [0.2, 0.25) is 0 Å². The van der Waals surface area contributed by atoms with Crippen LogP contribution < -0.4 is 14.8 Å². The molecule has 38 heavy (non-hydrogen) atoms. The number of benzene rings is 1. The van der Waals surface area contributed by atoms with Crippen LogP contribution >= 0.6 is 0 Å². The molecule has 208 valence electrons. The number of carbonyl (C=O) groups is 2. The van der Waals surface area contributed by atoms with E-state index in [-0.39, 0.29) is 34.8 Å². The smallest absolute Gasteiger partial charge is 0.408 e. The molecule has 1 aliphatic heterocycles. The number of alkyl halides is 2. The van der Waals surface area contributed by atoms with Gasteiger partial charge in [0.05, 0.1) is 12.6 Å². The quantitative estimate of drug-likeness (QED) is 0.424. The highest BCUT2D eigenvalue weighted by Gasteiger charge is 2.31. The molecule has 4 rings (SSSR count). The maximum Gasteiger partial charge on any atom is 0.408 e. The third-order valence-corrected chi connectivity index (χ3v) is 6.20. The number of likely N-dealkylation sites (tertiary alicyclic amines) is 1. The molecule has 0 radical (unpaired) electrons. The summed E-state index contributed by atoms with van der Waals surface area (Å²) >= 11 is 0. The van der Waals surface area contributed by atoms with Crippen LogP contribution in [0.4, 0.5) is 13.6 Å². The number of hydrogen-bond acceptors (Lipinski definition) is 7. The van der Waals surface area contributed by atoms with Gasteiger partial charge in [0, 0.05) is 18.7 Å². The Morgan fingerprint density at radius 1 is 1.16 bits per heavy atom. The largest absolute Gasteiger partial charge is 0.489 e. The standard InChI is InChI=1S/C27H35F2N3O6/c1-16(30-26(34)38-27(2,3)4)22-21(24(33)32-12-6-5-7-13-32)31-23(37-22)18-10-11-19(36-25(28)29)20(14-18)35-15-17-8-9-17/h10-11,14,16-17,25H,5-9,12-13,15H2,1-4H3,(H,30,34)/t16-/m0/s1. The Bertz CT molecular complexity index is 1140. The molecule has 2 aromatic rings. The van der Waals surface area contributed by atoms with Crippen molar-refractivity contribution in [1.29, 1.82) is 0 Å². The van der Waals surface area contributed by atoms with Crippen LogP contribution in [-0.2, 0) is 4.74 Å². The normalized spacial score (nSPS) is 16.8. The zero-order valence-electron chi connectivity index (χ0n) is 22.2. The number of rotatable bonds is 9. The Hall–Kier alpha value is -3.37. The minimum absolute atomic E-state index is 0.0822. The molecule has 2 aliphatic rings. The lowest BCUT2D eigenvalue weighted by Crippen LogP contribution is -2.37. The summed E-state index contributed by atoms with van der Waals surface area (Å²) < 4.78 is 47.7. The number of carbonyl (C=O) groups excluding carboxylic acids is 2. The van der Waals surface area contributed by atoms with Gasteiger partial charge in [0.1, 0.15) is 5.60 Å². The number of halogens is 2. The second-order valence-electron chi connectivity index (χ2n) is 10.7. The van der Waals surface area contributed by atoms with E-state index >= 15 is 0 Å². The zero-order valence-corrected chi connectivity index (χ0v) is 22.2. The molecule has 2 heterocycles. The van der Waals surface area contributed by atoms with Crippen LogP contribution in [0, 0.1) is 5.92 Å². The van der Waals surface area contributed by atoms with Gasteiger partial charge in [0.2, 0.25) is 5.89 Å². The summed E-state index contributed by atoms with van der Waals surface area (Å²) in [5.74, 6) is 0.405. The maximum atomic E-state index is 13.4. The molecule has 1 N–H and O–H groups in total. The van der Waals surface area contributed by atoms with E-state index < -0.39 is 24.3 Å². The van der Waals surface area contributed by atoms with Gasteiger partial charge < -0.3 is 28.8 Å². The lowest BCUT2D eigenvalue weighted by atomic mass is 10.1. The highest BCUT2D eigenvalue weighted by molar-refractivity contribution is 5.94. The predicted molar refractivity (Wildman–Crippen MR) is 134 cm³/mol. The molecule has 1 saturated heterocycles. The first-order chi connectivity index (χ1) is 18.0. The molecule has 2 amide bonds. The van der Waals surface area contributed by atoms with E-state index in [2.05, 4.69) is 15.0 Å². The summed E-state index contributed by atoms with van der Waals surface area (Å²) in [6.07, 6.45) is 4.23. The van der Waals surface area contributed by atoms with Crippen molar-refractivity contribution >= 4 is 12.0 Å².